The molecule has 1 heterocycles. The van der Waals surface area contributed by atoms with Crippen molar-refractivity contribution in [2.75, 3.05) is 0 Å². The molecule has 56 valence electrons. The van der Waals surface area contributed by atoms with Crippen molar-refractivity contribution in [3.8, 4) is 0 Å². The molecule has 0 N–H and O–H groups in total. The Morgan fingerprint density at radius 3 is 2.40 bits per heavy atom. The Labute approximate surface area is 60.3 Å². The summed E-state index contributed by atoms with van der Waals surface area (Å²) in [7, 11) is 1.68. The summed E-state index contributed by atoms with van der Waals surface area (Å²) in [5.74, 6) is 0. The summed E-state index contributed by atoms with van der Waals surface area (Å²) in [6.07, 6.45) is 4.46. The standard InChI is InChI=1S/C5H6N2O.C2H6/c1-7-3-2-6-4-5(7)8;1-2/h2-4H,1H3;1-2H3. The zero-order valence-corrected chi connectivity index (χ0v) is 6.53. The Morgan fingerprint density at radius 1 is 1.50 bits per heavy atom. The van der Waals surface area contributed by atoms with Gasteiger partial charge in [0.05, 0.1) is 6.20 Å². The van der Waals surface area contributed by atoms with E-state index in [4.69, 9.17) is 0 Å². The normalized spacial score (nSPS) is 7.90. The van der Waals surface area contributed by atoms with Crippen LogP contribution in [0.4, 0.5) is 0 Å². The van der Waals surface area contributed by atoms with Crippen LogP contribution in [0.1, 0.15) is 13.8 Å². The molecule has 3 heteroatoms. The first kappa shape index (κ1) is 8.88. The van der Waals surface area contributed by atoms with Crippen LogP contribution in [-0.4, -0.2) is 9.55 Å². The maximum atomic E-state index is 10.5. The van der Waals surface area contributed by atoms with Gasteiger partial charge in [-0.2, -0.15) is 0 Å². The molecule has 0 unspecified atom stereocenters. The minimum Gasteiger partial charge on any atom is -0.316 e. The molecular weight excluding hydrogens is 128 g/mol. The zero-order valence-electron chi connectivity index (χ0n) is 6.53. The van der Waals surface area contributed by atoms with Crippen LogP contribution in [-0.2, 0) is 7.05 Å². The Balaban J connectivity index is 0.000000371. The van der Waals surface area contributed by atoms with Crippen molar-refractivity contribution in [3.05, 3.63) is 28.9 Å². The first-order valence-corrected chi connectivity index (χ1v) is 3.27. The van der Waals surface area contributed by atoms with E-state index >= 15 is 0 Å². The lowest BCUT2D eigenvalue weighted by Crippen LogP contribution is -2.14. The van der Waals surface area contributed by atoms with E-state index in [1.807, 2.05) is 13.8 Å². The number of rotatable bonds is 0. The molecule has 3 nitrogen and oxygen atoms in total. The lowest BCUT2D eigenvalue weighted by molar-refractivity contribution is 0.841. The quantitative estimate of drug-likeness (QED) is 0.534. The minimum absolute atomic E-state index is 0.0764. The van der Waals surface area contributed by atoms with Gasteiger partial charge in [-0.05, 0) is 0 Å². The van der Waals surface area contributed by atoms with E-state index in [0.29, 0.717) is 0 Å². The van der Waals surface area contributed by atoms with Gasteiger partial charge < -0.3 is 4.57 Å². The Morgan fingerprint density at radius 2 is 2.10 bits per heavy atom. The monoisotopic (exact) mass is 140 g/mol. The van der Waals surface area contributed by atoms with E-state index in [9.17, 15) is 4.79 Å². The molecule has 0 amide bonds. The predicted molar refractivity (Wildman–Crippen MR) is 40.8 cm³/mol. The predicted octanol–water partition coefficient (Wildman–Crippen LogP) is 0.806. The molecular formula is C7H12N2O. The highest BCUT2D eigenvalue weighted by Crippen LogP contribution is 1.66. The fraction of sp³-hybridized carbons (Fsp3) is 0.429. The van der Waals surface area contributed by atoms with Crippen molar-refractivity contribution in [2.45, 2.75) is 13.8 Å². The van der Waals surface area contributed by atoms with Crippen LogP contribution in [0.25, 0.3) is 0 Å². The summed E-state index contributed by atoms with van der Waals surface area (Å²) in [6, 6.07) is 0. The maximum absolute atomic E-state index is 10.5. The highest BCUT2D eigenvalue weighted by Gasteiger charge is 1.80. The molecule has 1 aromatic heterocycles. The first-order valence-electron chi connectivity index (χ1n) is 3.27. The highest BCUT2D eigenvalue weighted by molar-refractivity contribution is 4.77. The topological polar surface area (TPSA) is 34.9 Å². The molecule has 0 saturated carbocycles. The summed E-state index contributed by atoms with van der Waals surface area (Å²) in [5, 5.41) is 0. The third kappa shape index (κ3) is 2.44. The second-order valence-electron chi connectivity index (χ2n) is 1.53. The largest absolute Gasteiger partial charge is 0.316 e. The van der Waals surface area contributed by atoms with Crippen molar-refractivity contribution < 1.29 is 0 Å². The van der Waals surface area contributed by atoms with Gasteiger partial charge in [-0.3, -0.25) is 9.78 Å². The summed E-state index contributed by atoms with van der Waals surface area (Å²) in [6.45, 7) is 4.00. The van der Waals surface area contributed by atoms with Gasteiger partial charge in [0.2, 0.25) is 0 Å². The van der Waals surface area contributed by atoms with Gasteiger partial charge >= 0.3 is 0 Å². The summed E-state index contributed by atoms with van der Waals surface area (Å²) >= 11 is 0. The number of hydrogen-bond donors (Lipinski definition) is 0. The molecule has 10 heavy (non-hydrogen) atoms. The smallest absolute Gasteiger partial charge is 0.268 e. The van der Waals surface area contributed by atoms with Crippen LogP contribution < -0.4 is 5.56 Å². The number of aromatic nitrogens is 2. The molecule has 0 fully saturated rings. The molecule has 0 aromatic carbocycles. The summed E-state index contributed by atoms with van der Waals surface area (Å²) in [5.41, 5.74) is -0.0764. The van der Waals surface area contributed by atoms with E-state index in [0.717, 1.165) is 0 Å². The number of nitrogens with zero attached hydrogens (tertiary/aromatic N) is 2. The summed E-state index contributed by atoms with van der Waals surface area (Å²) in [4.78, 5) is 14.1. The second-order valence-corrected chi connectivity index (χ2v) is 1.53. The summed E-state index contributed by atoms with van der Waals surface area (Å²) < 4.78 is 1.47. The van der Waals surface area contributed by atoms with Crippen molar-refractivity contribution in [3.63, 3.8) is 0 Å². The average Bonchev–Trinajstić information content (AvgIpc) is 2.00. The van der Waals surface area contributed by atoms with Gasteiger partial charge in [-0.25, -0.2) is 0 Å². The molecule has 1 aromatic rings. The fourth-order valence-corrected chi connectivity index (χ4v) is 0.410. The van der Waals surface area contributed by atoms with Crippen molar-refractivity contribution in [2.24, 2.45) is 7.05 Å². The Bertz CT molecular complexity index is 229. The van der Waals surface area contributed by atoms with Gasteiger partial charge in [0.25, 0.3) is 5.56 Å². The van der Waals surface area contributed by atoms with Gasteiger partial charge in [0, 0.05) is 19.4 Å². The second kappa shape index (κ2) is 4.73. The van der Waals surface area contributed by atoms with Crippen LogP contribution in [0, 0.1) is 0 Å². The van der Waals surface area contributed by atoms with Crippen LogP contribution in [0.5, 0.6) is 0 Å². The molecule has 0 aliphatic heterocycles. The van der Waals surface area contributed by atoms with E-state index in [1.165, 1.54) is 10.8 Å². The molecule has 1 rings (SSSR count). The fourth-order valence-electron chi connectivity index (χ4n) is 0.410. The van der Waals surface area contributed by atoms with Crippen molar-refractivity contribution >= 4 is 0 Å². The Hall–Kier alpha value is -1.12. The van der Waals surface area contributed by atoms with Gasteiger partial charge in [-0.1, -0.05) is 13.8 Å². The third-order valence-corrected chi connectivity index (χ3v) is 0.909. The van der Waals surface area contributed by atoms with E-state index in [1.54, 1.807) is 19.4 Å². The molecule has 0 atom stereocenters. The maximum Gasteiger partial charge on any atom is 0.268 e. The van der Waals surface area contributed by atoms with Crippen LogP contribution in [0.2, 0.25) is 0 Å². The molecule has 0 saturated heterocycles. The van der Waals surface area contributed by atoms with Gasteiger partial charge in [0.1, 0.15) is 0 Å². The van der Waals surface area contributed by atoms with Crippen molar-refractivity contribution in [1.82, 2.24) is 9.55 Å². The minimum atomic E-state index is -0.0764. The van der Waals surface area contributed by atoms with Crippen LogP contribution in [0.15, 0.2) is 23.4 Å². The first-order chi connectivity index (χ1) is 4.80. The van der Waals surface area contributed by atoms with Crippen LogP contribution >= 0.6 is 0 Å². The SMILES string of the molecule is CC.Cn1ccncc1=O. The zero-order chi connectivity index (χ0) is 7.98. The molecule has 0 spiro atoms. The molecule has 0 aliphatic rings. The van der Waals surface area contributed by atoms with Gasteiger partial charge in [0.15, 0.2) is 0 Å². The average molecular weight is 140 g/mol. The number of hydrogen-bond acceptors (Lipinski definition) is 2. The lowest BCUT2D eigenvalue weighted by atomic mass is 10.7. The number of aryl methyl sites for hydroxylation is 1. The Kier molecular flexibility index (Phi) is 4.20. The molecule has 0 aliphatic carbocycles. The van der Waals surface area contributed by atoms with Crippen molar-refractivity contribution in [1.29, 1.82) is 0 Å². The third-order valence-electron chi connectivity index (χ3n) is 0.909. The van der Waals surface area contributed by atoms with E-state index in [-0.39, 0.29) is 5.56 Å². The molecule has 0 bridgehead atoms. The van der Waals surface area contributed by atoms with Crippen LogP contribution in [0.3, 0.4) is 0 Å². The van der Waals surface area contributed by atoms with E-state index in [2.05, 4.69) is 4.98 Å². The lowest BCUT2D eigenvalue weighted by Gasteiger charge is -1.88. The molecule has 0 radical (unpaired) electrons. The highest BCUT2D eigenvalue weighted by atomic mass is 16.1. The van der Waals surface area contributed by atoms with Gasteiger partial charge in [-0.15, -0.1) is 0 Å². The van der Waals surface area contributed by atoms with E-state index < -0.39 is 0 Å².